The number of phosphoric ester groups is 1. The van der Waals surface area contributed by atoms with Crippen LogP contribution in [-0.2, 0) is 35.3 Å². The predicted molar refractivity (Wildman–Crippen MR) is 214 cm³/mol. The van der Waals surface area contributed by atoms with Crippen molar-refractivity contribution in [2.45, 2.75) is 159 Å². The average Bonchev–Trinajstić information content (AvgIpc) is 3.75. The molecule has 4 rings (SSSR count). The zero-order chi connectivity index (χ0) is 41.1. The molecule has 0 bridgehead atoms. The highest BCUT2D eigenvalue weighted by molar-refractivity contribution is 7.47. The van der Waals surface area contributed by atoms with Gasteiger partial charge >= 0.3 is 7.82 Å². The Hall–Kier alpha value is -3.43. The van der Waals surface area contributed by atoms with Gasteiger partial charge in [-0.25, -0.2) is 13.5 Å². The summed E-state index contributed by atoms with van der Waals surface area (Å²) in [6.07, 6.45) is 17.5. The van der Waals surface area contributed by atoms with Crippen LogP contribution in [0.3, 0.4) is 0 Å². The molecule has 0 saturated carbocycles. The molecule has 0 spiro atoms. The molecule has 3 heterocycles. The van der Waals surface area contributed by atoms with Gasteiger partial charge in [0, 0.05) is 6.20 Å². The van der Waals surface area contributed by atoms with Gasteiger partial charge in [-0.2, -0.15) is 15.6 Å². The predicted octanol–water partition coefficient (Wildman–Crippen LogP) is 8.53. The van der Waals surface area contributed by atoms with Gasteiger partial charge in [-0.3, -0.25) is 9.05 Å². The maximum absolute atomic E-state index is 14.2. The van der Waals surface area contributed by atoms with Gasteiger partial charge in [0.15, 0.2) is 0 Å². The first-order chi connectivity index (χ1) is 27.5. The van der Waals surface area contributed by atoms with E-state index in [2.05, 4.69) is 12.0 Å². The Kier molecular flexibility index (Phi) is 19.4. The summed E-state index contributed by atoms with van der Waals surface area (Å²) in [5.41, 5.74) is 5.27. The highest BCUT2D eigenvalue weighted by atomic mass is 31.2. The van der Waals surface area contributed by atoms with Gasteiger partial charge in [-0.05, 0) is 42.3 Å². The van der Waals surface area contributed by atoms with Crippen LogP contribution in [0.2, 0.25) is 0 Å². The van der Waals surface area contributed by atoms with Crippen LogP contribution in [-0.4, -0.2) is 62.4 Å². The van der Waals surface area contributed by atoms with E-state index in [1.54, 1.807) is 24.3 Å². The molecule has 1 unspecified atom stereocenters. The first-order valence-electron chi connectivity index (χ1n) is 20.6. The van der Waals surface area contributed by atoms with Crippen molar-refractivity contribution in [3.8, 4) is 12.1 Å². The van der Waals surface area contributed by atoms with E-state index in [1.807, 2.05) is 6.07 Å². The van der Waals surface area contributed by atoms with Crippen LogP contribution in [0.5, 0.6) is 0 Å². The van der Waals surface area contributed by atoms with E-state index in [1.165, 1.54) is 112 Å². The number of halogens is 1. The van der Waals surface area contributed by atoms with Crippen LogP contribution in [0.15, 0.2) is 42.6 Å². The summed E-state index contributed by atoms with van der Waals surface area (Å²) in [6.45, 7) is 1.22. The second-order valence-corrected chi connectivity index (χ2v) is 16.6. The third kappa shape index (κ3) is 13.8. The standard InChI is InChI=1S/C42H61FN5O8P/c1-2-3-4-5-6-7-8-9-10-11-12-13-14-15-16-17-18-19-34(53-28-32-20-21-33(27-44)35(43)26-32)29-54-57(51,52)55-30-38-40(49)41(50)42(31-45,56-38)39-23-22-37-36(46)24-25-47-48(37)39/h20-26,34,38,40-41,49-50H,2-19,28-30,46H2,1H3,(H,51,52)/t34-,38-,40-,41-,42+/m1/s1. The molecular weight excluding hydrogens is 752 g/mol. The summed E-state index contributed by atoms with van der Waals surface area (Å²) in [4.78, 5) is 10.6. The van der Waals surface area contributed by atoms with Crippen LogP contribution in [0, 0.1) is 28.5 Å². The summed E-state index contributed by atoms with van der Waals surface area (Å²) < 4.78 is 51.0. The Bertz CT molecular complexity index is 1800. The first-order valence-corrected chi connectivity index (χ1v) is 22.1. The van der Waals surface area contributed by atoms with Gasteiger partial charge < -0.3 is 30.3 Å². The Labute approximate surface area is 336 Å². The molecule has 0 aliphatic carbocycles. The third-order valence-electron chi connectivity index (χ3n) is 10.7. The van der Waals surface area contributed by atoms with Crippen LogP contribution in [0.1, 0.15) is 139 Å². The monoisotopic (exact) mass is 813 g/mol. The van der Waals surface area contributed by atoms with Crippen molar-refractivity contribution in [1.29, 1.82) is 10.5 Å². The van der Waals surface area contributed by atoms with Gasteiger partial charge in [0.2, 0.25) is 5.60 Å². The lowest BCUT2D eigenvalue weighted by atomic mass is 9.92. The normalized spacial score (nSPS) is 21.0. The molecule has 0 radical (unpaired) electrons. The molecule has 5 N–H and O–H groups in total. The Morgan fingerprint density at radius 1 is 0.930 bits per heavy atom. The molecule has 13 nitrogen and oxygen atoms in total. The number of aliphatic hydroxyl groups is 2. The number of hydrogen-bond donors (Lipinski definition) is 4. The fourth-order valence-corrected chi connectivity index (χ4v) is 8.05. The largest absolute Gasteiger partial charge is 0.472 e. The number of fused-ring (bicyclic) bond motifs is 1. The highest BCUT2D eigenvalue weighted by Gasteiger charge is 2.58. The summed E-state index contributed by atoms with van der Waals surface area (Å²) in [5.74, 6) is -0.666. The van der Waals surface area contributed by atoms with E-state index in [0.717, 1.165) is 25.7 Å². The highest BCUT2D eigenvalue weighted by Crippen LogP contribution is 2.46. The minimum atomic E-state index is -4.76. The molecular formula is C42H61FN5O8P. The molecule has 1 saturated heterocycles. The van der Waals surface area contributed by atoms with E-state index in [0.29, 0.717) is 23.2 Å². The number of nitrogens with two attached hydrogens (primary N) is 1. The summed E-state index contributed by atoms with van der Waals surface area (Å²) in [6, 6.07) is 12.5. The SMILES string of the molecule is CCCCCCCCCCCCCCCCCCC[C@H](COP(=O)(O)OC[C@H]1O[C@@](C#N)(c2ccc3c(N)ccnn23)[C@H](O)[C@@H]1O)OCc1ccc(C#N)c(F)c1. The fourth-order valence-electron chi connectivity index (χ4n) is 7.28. The smallest absolute Gasteiger partial charge is 0.397 e. The van der Waals surface area contributed by atoms with Crippen molar-refractivity contribution in [2.75, 3.05) is 18.9 Å². The first kappa shape index (κ1) is 46.3. The van der Waals surface area contributed by atoms with Gasteiger partial charge in [0.1, 0.15) is 36.3 Å². The van der Waals surface area contributed by atoms with Crippen molar-refractivity contribution in [3.63, 3.8) is 0 Å². The molecule has 0 amide bonds. The molecule has 1 aliphatic rings. The minimum absolute atomic E-state index is 0.0165. The summed E-state index contributed by atoms with van der Waals surface area (Å²) in [7, 11) is -4.76. The molecule has 1 fully saturated rings. The lowest BCUT2D eigenvalue weighted by Crippen LogP contribution is -2.41. The second-order valence-electron chi connectivity index (χ2n) is 15.1. The zero-order valence-corrected chi connectivity index (χ0v) is 34.2. The lowest BCUT2D eigenvalue weighted by molar-refractivity contribution is -0.0658. The maximum atomic E-state index is 14.2. The van der Waals surface area contributed by atoms with Crippen molar-refractivity contribution in [2.24, 2.45) is 0 Å². The van der Waals surface area contributed by atoms with Gasteiger partial charge in [-0.15, -0.1) is 0 Å². The summed E-state index contributed by atoms with van der Waals surface area (Å²) >= 11 is 0. The van der Waals surface area contributed by atoms with Crippen LogP contribution < -0.4 is 5.73 Å². The van der Waals surface area contributed by atoms with Crippen LogP contribution in [0.4, 0.5) is 10.1 Å². The molecule has 15 heteroatoms. The molecule has 3 aromatic rings. The van der Waals surface area contributed by atoms with E-state index < -0.39 is 50.3 Å². The molecule has 2 aromatic heterocycles. The van der Waals surface area contributed by atoms with Crippen LogP contribution in [0.25, 0.3) is 5.52 Å². The quantitative estimate of drug-likeness (QED) is 0.0402. The van der Waals surface area contributed by atoms with Crippen molar-refractivity contribution < 1.29 is 42.6 Å². The Balaban J connectivity index is 1.21. The number of ether oxygens (including phenoxy) is 2. The lowest BCUT2D eigenvalue weighted by Gasteiger charge is -2.24. The number of unbranched alkanes of at least 4 members (excludes halogenated alkanes) is 16. The molecule has 6 atom stereocenters. The number of rotatable bonds is 28. The zero-order valence-electron chi connectivity index (χ0n) is 33.3. The number of nitriles is 2. The van der Waals surface area contributed by atoms with Gasteiger partial charge in [0.05, 0.1) is 48.4 Å². The van der Waals surface area contributed by atoms with Crippen molar-refractivity contribution in [3.05, 3.63) is 65.2 Å². The van der Waals surface area contributed by atoms with E-state index in [-0.39, 0.29) is 24.5 Å². The van der Waals surface area contributed by atoms with Crippen molar-refractivity contribution >= 4 is 19.0 Å². The minimum Gasteiger partial charge on any atom is -0.397 e. The fraction of sp³-hybridized carbons (Fsp3) is 0.643. The van der Waals surface area contributed by atoms with Gasteiger partial charge in [0.25, 0.3) is 0 Å². The van der Waals surface area contributed by atoms with E-state index in [4.69, 9.17) is 29.5 Å². The number of nitrogens with zero attached hydrogens (tertiary/aromatic N) is 4. The van der Waals surface area contributed by atoms with Gasteiger partial charge in [-0.1, -0.05) is 122 Å². The topological polar surface area (TPSA) is 206 Å². The second kappa shape index (κ2) is 23.8. The van der Waals surface area contributed by atoms with Crippen molar-refractivity contribution in [1.82, 2.24) is 9.61 Å². The van der Waals surface area contributed by atoms with E-state index in [9.17, 15) is 29.3 Å². The number of benzene rings is 1. The molecule has 314 valence electrons. The number of hydrogen-bond acceptors (Lipinski definition) is 11. The molecule has 57 heavy (non-hydrogen) atoms. The number of aliphatic hydroxyl groups excluding tert-OH is 2. The number of aromatic nitrogens is 2. The molecule has 1 aliphatic heterocycles. The van der Waals surface area contributed by atoms with Crippen LogP contribution >= 0.6 is 7.82 Å². The number of phosphoric acid groups is 1. The molecule has 1 aromatic carbocycles. The average molecular weight is 814 g/mol. The Morgan fingerprint density at radius 3 is 2.12 bits per heavy atom. The van der Waals surface area contributed by atoms with E-state index >= 15 is 0 Å². The summed E-state index contributed by atoms with van der Waals surface area (Å²) in [5, 5.41) is 45.2. The maximum Gasteiger partial charge on any atom is 0.472 e. The Morgan fingerprint density at radius 2 is 1.54 bits per heavy atom. The third-order valence-corrected chi connectivity index (χ3v) is 11.6. The number of anilines is 1. The number of nitrogen functional groups attached to an aromatic ring is 1.